The first-order valence-electron chi connectivity index (χ1n) is 5.01. The summed E-state index contributed by atoms with van der Waals surface area (Å²) in [5, 5.41) is -0.479. The minimum Gasteiger partial charge on any atom is -0.229 e. The number of hydrogen-bond acceptors (Lipinski definition) is 4. The van der Waals surface area contributed by atoms with Crippen LogP contribution in [-0.2, 0) is 18.9 Å². The van der Waals surface area contributed by atoms with E-state index in [1.54, 1.807) is 0 Å². The summed E-state index contributed by atoms with van der Waals surface area (Å²) in [7, 11) is -1.63. The van der Waals surface area contributed by atoms with Gasteiger partial charge in [-0.1, -0.05) is 18.6 Å². The normalized spacial score (nSPS) is 25.2. The molecule has 94 valence electrons. The second kappa shape index (κ2) is 5.06. The van der Waals surface area contributed by atoms with Gasteiger partial charge in [0.25, 0.3) is 0 Å². The Balaban J connectivity index is 2.63. The lowest BCUT2D eigenvalue weighted by atomic mass is 10.1. The summed E-state index contributed by atoms with van der Waals surface area (Å²) >= 11 is 0. The third-order valence-electron chi connectivity index (χ3n) is 2.61. The van der Waals surface area contributed by atoms with Crippen molar-refractivity contribution in [3.05, 3.63) is 12.2 Å². The molecule has 1 atom stereocenters. The molecule has 1 heterocycles. The van der Waals surface area contributed by atoms with Gasteiger partial charge in [0.05, 0.1) is 16.8 Å². The molecule has 0 spiro atoms. The van der Waals surface area contributed by atoms with Crippen molar-refractivity contribution in [3.63, 3.8) is 0 Å². The van der Waals surface area contributed by atoms with E-state index in [9.17, 15) is 16.8 Å². The first-order chi connectivity index (χ1) is 7.21. The molecule has 0 aromatic heterocycles. The lowest BCUT2D eigenvalue weighted by Gasteiger charge is -2.22. The van der Waals surface area contributed by atoms with Crippen molar-refractivity contribution in [2.45, 2.75) is 30.9 Å². The summed E-state index contributed by atoms with van der Waals surface area (Å²) in [5.41, 5.74) is 0.366. The van der Waals surface area contributed by atoms with Crippen molar-refractivity contribution in [1.29, 1.82) is 0 Å². The zero-order valence-electron chi connectivity index (χ0n) is 8.85. The molecule has 0 aromatic rings. The van der Waals surface area contributed by atoms with Crippen LogP contribution in [0.5, 0.6) is 0 Å². The fourth-order valence-electron chi connectivity index (χ4n) is 1.88. The molecule has 0 aromatic carbocycles. The number of hydrogen-bond donors (Lipinski definition) is 0. The van der Waals surface area contributed by atoms with Gasteiger partial charge in [-0.25, -0.2) is 16.8 Å². The van der Waals surface area contributed by atoms with Crippen molar-refractivity contribution in [2.24, 2.45) is 0 Å². The molecule has 0 radical (unpaired) electrons. The highest BCUT2D eigenvalue weighted by Crippen LogP contribution is 2.25. The fourth-order valence-corrected chi connectivity index (χ4v) is 4.90. The topological polar surface area (TPSA) is 68.3 Å². The van der Waals surface area contributed by atoms with Crippen LogP contribution < -0.4 is 0 Å². The van der Waals surface area contributed by atoms with E-state index >= 15 is 0 Å². The maximum absolute atomic E-state index is 11.7. The second-order valence-electron chi connectivity index (χ2n) is 4.12. The number of halogens is 1. The van der Waals surface area contributed by atoms with E-state index in [0.717, 1.165) is 6.42 Å². The Labute approximate surface area is 101 Å². The average Bonchev–Trinajstić information content (AvgIpc) is 2.05. The molecule has 1 fully saturated rings. The SMILES string of the molecule is C=C(CC1CCCCS1(=O)=O)CS(=O)(=O)Cl. The predicted octanol–water partition coefficient (Wildman–Crippen LogP) is 1.47. The van der Waals surface area contributed by atoms with Gasteiger partial charge in [0.2, 0.25) is 9.05 Å². The van der Waals surface area contributed by atoms with Gasteiger partial charge in [-0.05, 0) is 19.3 Å². The lowest BCUT2D eigenvalue weighted by Crippen LogP contribution is -2.29. The van der Waals surface area contributed by atoms with Crippen LogP contribution in [0.3, 0.4) is 0 Å². The van der Waals surface area contributed by atoms with Gasteiger partial charge in [-0.3, -0.25) is 0 Å². The average molecular weight is 287 g/mol. The molecule has 1 rings (SSSR count). The summed E-state index contributed by atoms with van der Waals surface area (Å²) in [4.78, 5) is 0. The van der Waals surface area contributed by atoms with Gasteiger partial charge in [-0.2, -0.15) is 0 Å². The Hall–Kier alpha value is -0.0700. The van der Waals surface area contributed by atoms with E-state index in [-0.39, 0.29) is 17.9 Å². The highest BCUT2D eigenvalue weighted by Gasteiger charge is 2.29. The molecule has 0 saturated carbocycles. The standard InChI is InChI=1S/C9H15ClO4S2/c1-8(7-16(10,13)14)6-9-4-2-3-5-15(9,11)12/h9H,1-7H2. The van der Waals surface area contributed by atoms with Gasteiger partial charge in [0.1, 0.15) is 0 Å². The van der Waals surface area contributed by atoms with Gasteiger partial charge < -0.3 is 0 Å². The fraction of sp³-hybridized carbons (Fsp3) is 0.778. The molecule has 1 saturated heterocycles. The highest BCUT2D eigenvalue weighted by molar-refractivity contribution is 8.13. The molecule has 1 unspecified atom stereocenters. The van der Waals surface area contributed by atoms with Crippen LogP contribution in [0, 0.1) is 0 Å². The van der Waals surface area contributed by atoms with Crippen LogP contribution in [0.4, 0.5) is 0 Å². The monoisotopic (exact) mass is 286 g/mol. The van der Waals surface area contributed by atoms with Gasteiger partial charge in [0, 0.05) is 10.7 Å². The summed E-state index contributed by atoms with van der Waals surface area (Å²) < 4.78 is 44.9. The number of rotatable bonds is 4. The summed E-state index contributed by atoms with van der Waals surface area (Å²) in [6, 6.07) is 0. The number of sulfone groups is 1. The summed E-state index contributed by atoms with van der Waals surface area (Å²) in [6.45, 7) is 3.57. The predicted molar refractivity (Wildman–Crippen MR) is 64.8 cm³/mol. The first kappa shape index (κ1) is 14.0. The Kier molecular flexibility index (Phi) is 4.42. The van der Waals surface area contributed by atoms with Crippen LogP contribution in [0.2, 0.25) is 0 Å². The van der Waals surface area contributed by atoms with Crippen LogP contribution in [-0.4, -0.2) is 33.6 Å². The Morgan fingerprint density at radius 3 is 2.50 bits per heavy atom. The van der Waals surface area contributed by atoms with E-state index < -0.39 is 24.1 Å². The molecule has 0 amide bonds. The van der Waals surface area contributed by atoms with Gasteiger partial charge in [-0.15, -0.1) is 0 Å². The quantitative estimate of drug-likeness (QED) is 0.580. The van der Waals surface area contributed by atoms with Crippen LogP contribution in [0.15, 0.2) is 12.2 Å². The van der Waals surface area contributed by atoms with Crippen LogP contribution in [0.1, 0.15) is 25.7 Å². The first-order valence-corrected chi connectivity index (χ1v) is 9.21. The molecule has 0 bridgehead atoms. The second-order valence-corrected chi connectivity index (χ2v) is 9.30. The minimum atomic E-state index is -3.63. The van der Waals surface area contributed by atoms with E-state index in [1.807, 2.05) is 0 Å². The van der Waals surface area contributed by atoms with E-state index in [1.165, 1.54) is 0 Å². The van der Waals surface area contributed by atoms with Gasteiger partial charge in [0.15, 0.2) is 9.84 Å². The van der Waals surface area contributed by atoms with Gasteiger partial charge >= 0.3 is 0 Å². The smallest absolute Gasteiger partial charge is 0.229 e. The molecule has 16 heavy (non-hydrogen) atoms. The third kappa shape index (κ3) is 4.43. The Morgan fingerprint density at radius 2 is 2.00 bits per heavy atom. The van der Waals surface area contributed by atoms with Crippen molar-refractivity contribution in [2.75, 3.05) is 11.5 Å². The molecule has 4 nitrogen and oxygen atoms in total. The van der Waals surface area contributed by atoms with E-state index in [0.29, 0.717) is 18.4 Å². The van der Waals surface area contributed by atoms with Crippen LogP contribution in [0.25, 0.3) is 0 Å². The maximum atomic E-state index is 11.7. The highest BCUT2D eigenvalue weighted by atomic mass is 35.7. The van der Waals surface area contributed by atoms with Crippen molar-refractivity contribution >= 4 is 29.6 Å². The van der Waals surface area contributed by atoms with Crippen molar-refractivity contribution in [1.82, 2.24) is 0 Å². The van der Waals surface area contributed by atoms with Crippen molar-refractivity contribution in [3.8, 4) is 0 Å². The molecular weight excluding hydrogens is 272 g/mol. The van der Waals surface area contributed by atoms with Crippen molar-refractivity contribution < 1.29 is 16.8 Å². The van der Waals surface area contributed by atoms with Crippen LogP contribution >= 0.6 is 10.7 Å². The molecule has 0 aliphatic carbocycles. The maximum Gasteiger partial charge on any atom is 0.236 e. The van der Waals surface area contributed by atoms with E-state index in [2.05, 4.69) is 6.58 Å². The molecule has 1 aliphatic rings. The Bertz CT molecular complexity index is 464. The lowest BCUT2D eigenvalue weighted by molar-refractivity contribution is 0.537. The third-order valence-corrected chi connectivity index (χ3v) is 5.96. The summed E-state index contributed by atoms with van der Waals surface area (Å²) in [5.74, 6) is -0.154. The minimum absolute atomic E-state index is 0.193. The zero-order chi connectivity index (χ0) is 12.4. The largest absolute Gasteiger partial charge is 0.236 e. The zero-order valence-corrected chi connectivity index (χ0v) is 11.2. The Morgan fingerprint density at radius 1 is 1.38 bits per heavy atom. The summed E-state index contributed by atoms with van der Waals surface area (Å²) in [6.07, 6.45) is 2.35. The molecule has 7 heteroatoms. The molecule has 1 aliphatic heterocycles. The molecular formula is C9H15ClO4S2. The van der Waals surface area contributed by atoms with E-state index in [4.69, 9.17) is 10.7 Å². The molecule has 0 N–H and O–H groups in total.